The number of nitrogens with zero attached hydrogens (tertiary/aromatic N) is 2. The lowest BCUT2D eigenvalue weighted by atomic mass is 10.3. The van der Waals surface area contributed by atoms with Crippen LogP contribution in [0.3, 0.4) is 0 Å². The smallest absolute Gasteiger partial charge is 0.248 e. The molecule has 106 valence electrons. The summed E-state index contributed by atoms with van der Waals surface area (Å²) in [6.07, 6.45) is 1.71. The molecule has 6 heteroatoms. The number of hydrogen-bond acceptors (Lipinski definition) is 5. The number of rotatable bonds is 9. The molecule has 19 heavy (non-hydrogen) atoms. The van der Waals surface area contributed by atoms with Crippen LogP contribution >= 0.6 is 0 Å². The van der Waals surface area contributed by atoms with Crippen LogP contribution in [0.15, 0.2) is 24.4 Å². The van der Waals surface area contributed by atoms with Crippen LogP contribution in [0.1, 0.15) is 5.69 Å². The van der Waals surface area contributed by atoms with E-state index in [1.165, 1.54) is 0 Å². The molecule has 0 atom stereocenters. The number of ether oxygens (including phenoxy) is 2. The van der Waals surface area contributed by atoms with Gasteiger partial charge in [-0.05, 0) is 12.1 Å². The summed E-state index contributed by atoms with van der Waals surface area (Å²) in [7, 11) is 1.61. The lowest BCUT2D eigenvalue weighted by Crippen LogP contribution is -2.36. The van der Waals surface area contributed by atoms with E-state index in [1.54, 1.807) is 18.2 Å². The Kier molecular flexibility index (Phi) is 7.72. The van der Waals surface area contributed by atoms with Crippen LogP contribution in [0.5, 0.6) is 0 Å². The van der Waals surface area contributed by atoms with E-state index in [-0.39, 0.29) is 12.5 Å². The summed E-state index contributed by atoms with van der Waals surface area (Å²) in [6.45, 7) is 2.27. The average molecular weight is 267 g/mol. The van der Waals surface area contributed by atoms with Crippen molar-refractivity contribution in [2.75, 3.05) is 40.0 Å². The number of carbonyl (C=O) groups excluding carboxylic acids is 1. The molecule has 2 N–H and O–H groups in total. The molecule has 0 aromatic carbocycles. The standard InChI is InChI=1S/C13H21N3O3/c1-18-9-7-16(13(17)11-19-8-5-14)10-12-4-2-3-6-15-12/h2-4,6H,5,7-11,14H2,1H3. The fraction of sp³-hybridized carbons (Fsp3) is 0.538. The van der Waals surface area contributed by atoms with Crippen molar-refractivity contribution >= 4 is 5.91 Å². The highest BCUT2D eigenvalue weighted by atomic mass is 16.5. The third-order valence-electron chi connectivity index (χ3n) is 2.48. The maximum Gasteiger partial charge on any atom is 0.248 e. The van der Waals surface area contributed by atoms with Crippen molar-refractivity contribution in [2.45, 2.75) is 6.54 Å². The van der Waals surface area contributed by atoms with Crippen LogP contribution in [-0.4, -0.2) is 55.8 Å². The minimum Gasteiger partial charge on any atom is -0.383 e. The van der Waals surface area contributed by atoms with Crippen LogP contribution in [0.25, 0.3) is 0 Å². The zero-order valence-electron chi connectivity index (χ0n) is 11.2. The largest absolute Gasteiger partial charge is 0.383 e. The number of methoxy groups -OCH3 is 1. The van der Waals surface area contributed by atoms with Gasteiger partial charge in [-0.3, -0.25) is 9.78 Å². The van der Waals surface area contributed by atoms with Gasteiger partial charge in [0.15, 0.2) is 0 Å². The number of nitrogens with two attached hydrogens (primary N) is 1. The minimum atomic E-state index is -0.0869. The monoisotopic (exact) mass is 267 g/mol. The van der Waals surface area contributed by atoms with Gasteiger partial charge >= 0.3 is 0 Å². The molecule has 1 aromatic rings. The molecule has 0 radical (unpaired) electrons. The first-order chi connectivity index (χ1) is 9.27. The zero-order valence-corrected chi connectivity index (χ0v) is 11.2. The van der Waals surface area contributed by atoms with Gasteiger partial charge in [-0.15, -0.1) is 0 Å². The first kappa shape index (κ1) is 15.6. The molecule has 0 unspecified atom stereocenters. The van der Waals surface area contributed by atoms with E-state index < -0.39 is 0 Å². The molecule has 0 aliphatic rings. The Bertz CT molecular complexity index is 359. The maximum atomic E-state index is 12.0. The predicted molar refractivity (Wildman–Crippen MR) is 71.4 cm³/mol. The van der Waals surface area contributed by atoms with Crippen LogP contribution in [0.2, 0.25) is 0 Å². The van der Waals surface area contributed by atoms with Crippen molar-refractivity contribution in [1.82, 2.24) is 9.88 Å². The first-order valence-electron chi connectivity index (χ1n) is 6.22. The normalized spacial score (nSPS) is 10.4. The summed E-state index contributed by atoms with van der Waals surface area (Å²) in [4.78, 5) is 17.9. The fourth-order valence-electron chi connectivity index (χ4n) is 1.51. The molecular formula is C13H21N3O3. The molecule has 0 fully saturated rings. The Labute approximate surface area is 113 Å². The number of pyridine rings is 1. The van der Waals surface area contributed by atoms with Crippen molar-refractivity contribution in [3.05, 3.63) is 30.1 Å². The number of amides is 1. The van der Waals surface area contributed by atoms with Crippen LogP contribution in [0.4, 0.5) is 0 Å². The Balaban J connectivity index is 2.53. The van der Waals surface area contributed by atoms with Gasteiger partial charge in [0.25, 0.3) is 0 Å². The van der Waals surface area contributed by atoms with Crippen molar-refractivity contribution in [3.63, 3.8) is 0 Å². The van der Waals surface area contributed by atoms with E-state index >= 15 is 0 Å². The van der Waals surface area contributed by atoms with Crippen molar-refractivity contribution in [3.8, 4) is 0 Å². The topological polar surface area (TPSA) is 77.7 Å². The van der Waals surface area contributed by atoms with Gasteiger partial charge in [0.1, 0.15) is 6.61 Å². The molecule has 0 bridgehead atoms. The summed E-state index contributed by atoms with van der Waals surface area (Å²) >= 11 is 0. The second-order valence-corrected chi connectivity index (χ2v) is 3.97. The van der Waals surface area contributed by atoms with E-state index in [0.29, 0.717) is 32.8 Å². The molecule has 0 saturated heterocycles. The van der Waals surface area contributed by atoms with Crippen LogP contribution in [0, 0.1) is 0 Å². The molecule has 0 aliphatic heterocycles. The fourth-order valence-corrected chi connectivity index (χ4v) is 1.51. The second-order valence-electron chi connectivity index (χ2n) is 3.97. The van der Waals surface area contributed by atoms with E-state index in [0.717, 1.165) is 5.69 Å². The highest BCUT2D eigenvalue weighted by Crippen LogP contribution is 2.02. The highest BCUT2D eigenvalue weighted by Gasteiger charge is 2.14. The molecule has 1 rings (SSSR count). The maximum absolute atomic E-state index is 12.0. The molecule has 1 aromatic heterocycles. The van der Waals surface area contributed by atoms with Crippen molar-refractivity contribution < 1.29 is 14.3 Å². The molecular weight excluding hydrogens is 246 g/mol. The van der Waals surface area contributed by atoms with E-state index in [4.69, 9.17) is 15.2 Å². The highest BCUT2D eigenvalue weighted by molar-refractivity contribution is 5.77. The van der Waals surface area contributed by atoms with E-state index in [1.807, 2.05) is 18.2 Å². The van der Waals surface area contributed by atoms with Gasteiger partial charge in [0.05, 0.1) is 25.5 Å². The van der Waals surface area contributed by atoms with Crippen LogP contribution in [-0.2, 0) is 20.8 Å². The molecule has 0 spiro atoms. The van der Waals surface area contributed by atoms with Gasteiger partial charge in [-0.2, -0.15) is 0 Å². The van der Waals surface area contributed by atoms with Gasteiger partial charge in [0.2, 0.25) is 5.91 Å². The SMILES string of the molecule is COCCN(Cc1ccccn1)C(=O)COCCN. The zero-order chi connectivity index (χ0) is 13.9. The third-order valence-corrected chi connectivity index (χ3v) is 2.48. The summed E-state index contributed by atoms with van der Waals surface area (Å²) < 4.78 is 10.2. The molecule has 0 aliphatic carbocycles. The molecule has 1 heterocycles. The first-order valence-corrected chi connectivity index (χ1v) is 6.22. The Hall–Kier alpha value is -1.50. The molecule has 6 nitrogen and oxygen atoms in total. The van der Waals surface area contributed by atoms with Crippen LogP contribution < -0.4 is 5.73 Å². The van der Waals surface area contributed by atoms with E-state index in [2.05, 4.69) is 4.98 Å². The summed E-state index contributed by atoms with van der Waals surface area (Å²) in [6, 6.07) is 5.62. The predicted octanol–water partition coefficient (Wildman–Crippen LogP) is 0.0319. The molecule has 1 amide bonds. The van der Waals surface area contributed by atoms with Gasteiger partial charge in [0, 0.05) is 26.4 Å². The van der Waals surface area contributed by atoms with Gasteiger partial charge in [-0.1, -0.05) is 6.07 Å². The Morgan fingerprint density at radius 3 is 2.89 bits per heavy atom. The lowest BCUT2D eigenvalue weighted by molar-refractivity contribution is -0.137. The molecule has 0 saturated carbocycles. The van der Waals surface area contributed by atoms with Crippen molar-refractivity contribution in [1.29, 1.82) is 0 Å². The van der Waals surface area contributed by atoms with E-state index in [9.17, 15) is 4.79 Å². The number of hydrogen-bond donors (Lipinski definition) is 1. The van der Waals surface area contributed by atoms with Gasteiger partial charge < -0.3 is 20.1 Å². The third kappa shape index (κ3) is 6.28. The van der Waals surface area contributed by atoms with Crippen molar-refractivity contribution in [2.24, 2.45) is 5.73 Å². The minimum absolute atomic E-state index is 0.0355. The summed E-state index contributed by atoms with van der Waals surface area (Å²) in [5.74, 6) is -0.0869. The second kappa shape index (κ2) is 9.43. The summed E-state index contributed by atoms with van der Waals surface area (Å²) in [5, 5.41) is 0. The Morgan fingerprint density at radius 2 is 2.26 bits per heavy atom. The van der Waals surface area contributed by atoms with Gasteiger partial charge in [-0.25, -0.2) is 0 Å². The quantitative estimate of drug-likeness (QED) is 0.639. The number of aromatic nitrogens is 1. The Morgan fingerprint density at radius 1 is 1.42 bits per heavy atom. The lowest BCUT2D eigenvalue weighted by Gasteiger charge is -2.22. The average Bonchev–Trinajstić information content (AvgIpc) is 2.44. The number of carbonyl (C=O) groups is 1. The summed E-state index contributed by atoms with van der Waals surface area (Å²) in [5.41, 5.74) is 6.15.